The number of hydrogen-bond acceptors (Lipinski definition) is 2. The molecule has 0 aliphatic rings. The third kappa shape index (κ3) is 4.38. The van der Waals surface area contributed by atoms with Gasteiger partial charge in [-0.25, -0.2) is 4.39 Å². The van der Waals surface area contributed by atoms with Gasteiger partial charge in [0.15, 0.2) is 0 Å². The van der Waals surface area contributed by atoms with Gasteiger partial charge in [0.1, 0.15) is 5.82 Å². The Morgan fingerprint density at radius 1 is 1.47 bits per heavy atom. The molecule has 0 aromatic heterocycles. The van der Waals surface area contributed by atoms with Crippen LogP contribution in [-0.4, -0.2) is 30.9 Å². The number of nitrogens with two attached hydrogens (primary N) is 1. The second kappa shape index (κ2) is 6.91. The summed E-state index contributed by atoms with van der Waals surface area (Å²) >= 11 is 0. The van der Waals surface area contributed by atoms with E-state index in [9.17, 15) is 9.18 Å². The van der Waals surface area contributed by atoms with Crippen LogP contribution in [0, 0.1) is 23.6 Å². The van der Waals surface area contributed by atoms with E-state index in [4.69, 9.17) is 5.73 Å². The van der Waals surface area contributed by atoms with Crippen molar-refractivity contribution in [2.24, 2.45) is 11.7 Å². The molecule has 1 aromatic rings. The molecular formula is C15H19FN2O. The third-order valence-electron chi connectivity index (χ3n) is 2.52. The summed E-state index contributed by atoms with van der Waals surface area (Å²) < 4.78 is 13.9. The van der Waals surface area contributed by atoms with Gasteiger partial charge in [0.05, 0.1) is 12.1 Å². The van der Waals surface area contributed by atoms with E-state index in [1.165, 1.54) is 17.0 Å². The van der Waals surface area contributed by atoms with Crippen LogP contribution in [-0.2, 0) is 0 Å². The molecule has 0 aliphatic carbocycles. The normalized spacial score (nSPS) is 10.0. The molecule has 0 aliphatic heterocycles. The standard InChI is InChI=1S/C15H19FN2O/c1-11(2)10-18(3)15(19)13-7-6-12(5-4-8-17)9-14(13)16/h6-7,9,11H,8,10,17H2,1-3H3. The Bertz CT molecular complexity index is 515. The van der Waals surface area contributed by atoms with Crippen LogP contribution in [0.15, 0.2) is 18.2 Å². The van der Waals surface area contributed by atoms with Crippen molar-refractivity contribution in [2.45, 2.75) is 13.8 Å². The van der Waals surface area contributed by atoms with Gasteiger partial charge in [-0.1, -0.05) is 25.7 Å². The number of carbonyl (C=O) groups is 1. The van der Waals surface area contributed by atoms with Crippen molar-refractivity contribution < 1.29 is 9.18 Å². The number of hydrogen-bond donors (Lipinski definition) is 1. The van der Waals surface area contributed by atoms with Gasteiger partial charge in [-0.2, -0.15) is 0 Å². The van der Waals surface area contributed by atoms with Crippen molar-refractivity contribution in [2.75, 3.05) is 20.1 Å². The van der Waals surface area contributed by atoms with E-state index in [0.717, 1.165) is 0 Å². The molecular weight excluding hydrogens is 243 g/mol. The fourth-order valence-corrected chi connectivity index (χ4v) is 1.76. The van der Waals surface area contributed by atoms with Gasteiger partial charge in [-0.15, -0.1) is 0 Å². The van der Waals surface area contributed by atoms with Crippen molar-refractivity contribution in [1.82, 2.24) is 4.90 Å². The molecule has 4 heteroatoms. The number of amides is 1. The molecule has 0 unspecified atom stereocenters. The highest BCUT2D eigenvalue weighted by molar-refractivity contribution is 5.94. The van der Waals surface area contributed by atoms with Crippen molar-refractivity contribution in [3.05, 3.63) is 35.1 Å². The van der Waals surface area contributed by atoms with E-state index in [2.05, 4.69) is 11.8 Å². The monoisotopic (exact) mass is 262 g/mol. The van der Waals surface area contributed by atoms with E-state index in [-0.39, 0.29) is 18.0 Å². The summed E-state index contributed by atoms with van der Waals surface area (Å²) in [4.78, 5) is 13.6. The Hall–Kier alpha value is -1.86. The van der Waals surface area contributed by atoms with Crippen LogP contribution in [0.5, 0.6) is 0 Å². The Morgan fingerprint density at radius 2 is 2.16 bits per heavy atom. The molecule has 0 saturated heterocycles. The minimum atomic E-state index is -0.551. The lowest BCUT2D eigenvalue weighted by Gasteiger charge is -2.19. The van der Waals surface area contributed by atoms with Gasteiger partial charge in [0.25, 0.3) is 5.91 Å². The average molecular weight is 262 g/mol. The first-order valence-corrected chi connectivity index (χ1v) is 6.19. The van der Waals surface area contributed by atoms with Crippen LogP contribution in [0.2, 0.25) is 0 Å². The zero-order chi connectivity index (χ0) is 14.4. The highest BCUT2D eigenvalue weighted by Crippen LogP contribution is 2.13. The van der Waals surface area contributed by atoms with Crippen LogP contribution in [0.1, 0.15) is 29.8 Å². The van der Waals surface area contributed by atoms with E-state index in [1.54, 1.807) is 13.1 Å². The van der Waals surface area contributed by atoms with Crippen LogP contribution >= 0.6 is 0 Å². The second-order valence-corrected chi connectivity index (χ2v) is 4.78. The molecule has 0 atom stereocenters. The van der Waals surface area contributed by atoms with Crippen LogP contribution in [0.4, 0.5) is 4.39 Å². The predicted octanol–water partition coefficient (Wildman–Crippen LogP) is 1.86. The molecule has 19 heavy (non-hydrogen) atoms. The van der Waals surface area contributed by atoms with Gasteiger partial charge < -0.3 is 10.6 Å². The molecule has 102 valence electrons. The first-order chi connectivity index (χ1) is 8.95. The molecule has 0 fully saturated rings. The fraction of sp³-hybridized carbons (Fsp3) is 0.400. The first kappa shape index (κ1) is 15.2. The van der Waals surface area contributed by atoms with E-state index in [1.807, 2.05) is 13.8 Å². The molecule has 0 saturated carbocycles. The van der Waals surface area contributed by atoms with Gasteiger partial charge in [0.2, 0.25) is 0 Å². The summed E-state index contributed by atoms with van der Waals surface area (Å²) in [7, 11) is 1.67. The predicted molar refractivity (Wildman–Crippen MR) is 74.1 cm³/mol. The number of rotatable bonds is 3. The molecule has 0 heterocycles. The molecule has 0 bridgehead atoms. The number of nitrogens with zero attached hydrogens (tertiary/aromatic N) is 1. The summed E-state index contributed by atoms with van der Waals surface area (Å²) in [6.07, 6.45) is 0. The van der Waals surface area contributed by atoms with Gasteiger partial charge in [-0.3, -0.25) is 4.79 Å². The lowest BCUT2D eigenvalue weighted by Crippen LogP contribution is -2.30. The number of carbonyl (C=O) groups excluding carboxylic acids is 1. The largest absolute Gasteiger partial charge is 0.341 e. The Balaban J connectivity index is 2.93. The van der Waals surface area contributed by atoms with E-state index < -0.39 is 5.82 Å². The second-order valence-electron chi connectivity index (χ2n) is 4.78. The summed E-state index contributed by atoms with van der Waals surface area (Å²) in [5, 5.41) is 0. The lowest BCUT2D eigenvalue weighted by molar-refractivity contribution is 0.0774. The van der Waals surface area contributed by atoms with Crippen molar-refractivity contribution in [1.29, 1.82) is 0 Å². The fourth-order valence-electron chi connectivity index (χ4n) is 1.76. The average Bonchev–Trinajstić information content (AvgIpc) is 2.34. The Kier molecular flexibility index (Phi) is 5.53. The molecule has 0 radical (unpaired) electrons. The molecule has 1 rings (SSSR count). The van der Waals surface area contributed by atoms with Gasteiger partial charge in [0, 0.05) is 19.2 Å². The SMILES string of the molecule is CC(C)CN(C)C(=O)c1ccc(C#CCN)cc1F. The Labute approximate surface area is 113 Å². The minimum Gasteiger partial charge on any atom is -0.341 e. The first-order valence-electron chi connectivity index (χ1n) is 6.19. The molecule has 1 aromatic carbocycles. The summed E-state index contributed by atoms with van der Waals surface area (Å²) in [5.41, 5.74) is 5.84. The smallest absolute Gasteiger partial charge is 0.256 e. The van der Waals surface area contributed by atoms with E-state index >= 15 is 0 Å². The van der Waals surface area contributed by atoms with Crippen LogP contribution in [0.3, 0.4) is 0 Å². The summed E-state index contributed by atoms with van der Waals surface area (Å²) in [6.45, 7) is 4.82. The molecule has 1 amide bonds. The zero-order valence-corrected chi connectivity index (χ0v) is 11.5. The quantitative estimate of drug-likeness (QED) is 0.845. The summed E-state index contributed by atoms with van der Waals surface area (Å²) in [6, 6.07) is 4.36. The zero-order valence-electron chi connectivity index (χ0n) is 11.5. The maximum Gasteiger partial charge on any atom is 0.256 e. The minimum absolute atomic E-state index is 0.0708. The molecule has 0 spiro atoms. The van der Waals surface area contributed by atoms with Crippen LogP contribution in [0.25, 0.3) is 0 Å². The maximum absolute atomic E-state index is 13.9. The van der Waals surface area contributed by atoms with Crippen molar-refractivity contribution in [3.8, 4) is 11.8 Å². The third-order valence-corrected chi connectivity index (χ3v) is 2.52. The number of halogens is 1. The lowest BCUT2D eigenvalue weighted by atomic mass is 10.1. The summed E-state index contributed by atoms with van der Waals surface area (Å²) in [5.74, 6) is 4.85. The highest BCUT2D eigenvalue weighted by Gasteiger charge is 2.16. The molecule has 3 nitrogen and oxygen atoms in total. The number of benzene rings is 1. The van der Waals surface area contributed by atoms with Crippen molar-refractivity contribution in [3.63, 3.8) is 0 Å². The maximum atomic E-state index is 13.9. The van der Waals surface area contributed by atoms with E-state index in [0.29, 0.717) is 18.0 Å². The topological polar surface area (TPSA) is 46.3 Å². The van der Waals surface area contributed by atoms with Gasteiger partial charge >= 0.3 is 0 Å². The highest BCUT2D eigenvalue weighted by atomic mass is 19.1. The van der Waals surface area contributed by atoms with Crippen molar-refractivity contribution >= 4 is 5.91 Å². The van der Waals surface area contributed by atoms with Crippen LogP contribution < -0.4 is 5.73 Å². The van der Waals surface area contributed by atoms with Gasteiger partial charge in [-0.05, 0) is 24.1 Å². The Morgan fingerprint density at radius 3 is 2.68 bits per heavy atom. The molecule has 2 N–H and O–H groups in total.